The van der Waals surface area contributed by atoms with Crippen LogP contribution in [0, 0.1) is 0 Å². The van der Waals surface area contributed by atoms with Crippen molar-refractivity contribution in [3.63, 3.8) is 0 Å². The number of hydrogen-bond donors (Lipinski definition) is 2. The minimum atomic E-state index is -0.0783. The molecule has 1 unspecified atom stereocenters. The van der Waals surface area contributed by atoms with Gasteiger partial charge in [0.2, 0.25) is 0 Å². The molecule has 0 bridgehead atoms. The van der Waals surface area contributed by atoms with Crippen LogP contribution in [0.5, 0.6) is 0 Å². The molecule has 1 saturated heterocycles. The lowest BCUT2D eigenvalue weighted by molar-refractivity contribution is 0.141. The summed E-state index contributed by atoms with van der Waals surface area (Å²) in [4.78, 5) is 16.8. The van der Waals surface area contributed by atoms with Crippen molar-refractivity contribution in [1.82, 2.24) is 15.5 Å². The van der Waals surface area contributed by atoms with Gasteiger partial charge in [-0.25, -0.2) is 4.79 Å². The van der Waals surface area contributed by atoms with Gasteiger partial charge in [0.1, 0.15) is 0 Å². The quantitative estimate of drug-likeness (QED) is 0.819. The zero-order chi connectivity index (χ0) is 17.5. The van der Waals surface area contributed by atoms with Gasteiger partial charge in [-0.1, -0.05) is 18.2 Å². The number of carbonyl (C=O) groups excluding carboxylic acids is 1. The Bertz CT molecular complexity index is 558. The van der Waals surface area contributed by atoms with Gasteiger partial charge in [-0.15, -0.1) is 0 Å². The Morgan fingerprint density at radius 2 is 2.08 bits per heavy atom. The third-order valence-corrected chi connectivity index (χ3v) is 5.04. The van der Waals surface area contributed by atoms with Crippen LogP contribution in [0.3, 0.4) is 0 Å². The summed E-state index contributed by atoms with van der Waals surface area (Å²) in [6.07, 6.45) is 2.16. The summed E-state index contributed by atoms with van der Waals surface area (Å²) in [5, 5.41) is 5.97. The van der Waals surface area contributed by atoms with Crippen molar-refractivity contribution in [1.29, 1.82) is 0 Å². The molecule has 2 aliphatic rings. The molecule has 0 radical (unpaired) electrons. The molecule has 25 heavy (non-hydrogen) atoms. The number of rotatable bonds is 6. The zero-order valence-corrected chi connectivity index (χ0v) is 15.2. The van der Waals surface area contributed by atoms with Crippen molar-refractivity contribution in [2.24, 2.45) is 0 Å². The van der Waals surface area contributed by atoms with E-state index < -0.39 is 0 Å². The minimum Gasteiger partial charge on any atom is -0.380 e. The molecule has 6 nitrogen and oxygen atoms in total. The number of anilines is 1. The zero-order valence-electron chi connectivity index (χ0n) is 15.2. The highest BCUT2D eigenvalue weighted by atomic mass is 16.5. The fourth-order valence-corrected chi connectivity index (χ4v) is 3.58. The Kier molecular flexibility index (Phi) is 6.53. The van der Waals surface area contributed by atoms with E-state index in [9.17, 15) is 4.79 Å². The number of nitrogens with one attached hydrogen (secondary N) is 2. The monoisotopic (exact) mass is 346 g/mol. The van der Waals surface area contributed by atoms with Crippen LogP contribution in [0.25, 0.3) is 0 Å². The maximum absolute atomic E-state index is 12.0. The van der Waals surface area contributed by atoms with Crippen LogP contribution in [-0.2, 0) is 11.2 Å². The fourth-order valence-electron chi connectivity index (χ4n) is 3.58. The molecular formula is C19H30N4O2. The predicted molar refractivity (Wildman–Crippen MR) is 100 cm³/mol. The van der Waals surface area contributed by atoms with Crippen LogP contribution >= 0.6 is 0 Å². The van der Waals surface area contributed by atoms with Gasteiger partial charge in [0.25, 0.3) is 0 Å². The largest absolute Gasteiger partial charge is 0.380 e. The van der Waals surface area contributed by atoms with Gasteiger partial charge in [0, 0.05) is 57.6 Å². The van der Waals surface area contributed by atoms with Crippen molar-refractivity contribution in [3.05, 3.63) is 29.8 Å². The standard InChI is InChI=1S/C19H30N4O2/c1-16(23-10-7-17-5-2-3-6-18(17)23)15-21-19(24)20-8-11-22-9-4-13-25-14-12-22/h2-3,5-6,16H,4,7-15H2,1H3,(H2,20,21,24). The number of hydrogen-bond acceptors (Lipinski definition) is 4. The number of urea groups is 1. The molecular weight excluding hydrogens is 316 g/mol. The first-order valence-corrected chi connectivity index (χ1v) is 9.40. The second-order valence-electron chi connectivity index (χ2n) is 6.87. The third kappa shape index (κ3) is 5.09. The topological polar surface area (TPSA) is 56.8 Å². The van der Waals surface area contributed by atoms with Crippen molar-refractivity contribution >= 4 is 11.7 Å². The summed E-state index contributed by atoms with van der Waals surface area (Å²) in [6, 6.07) is 8.75. The van der Waals surface area contributed by atoms with Crippen molar-refractivity contribution in [2.75, 3.05) is 57.4 Å². The molecule has 2 aliphatic heterocycles. The van der Waals surface area contributed by atoms with E-state index in [-0.39, 0.29) is 12.1 Å². The molecule has 0 aliphatic carbocycles. The normalized spacial score (nSPS) is 19.2. The third-order valence-electron chi connectivity index (χ3n) is 5.04. The molecule has 138 valence electrons. The van der Waals surface area contributed by atoms with Gasteiger partial charge in [0.05, 0.1) is 6.61 Å². The Morgan fingerprint density at radius 1 is 1.20 bits per heavy atom. The van der Waals surface area contributed by atoms with E-state index in [1.165, 1.54) is 11.3 Å². The first kappa shape index (κ1) is 18.0. The molecule has 1 fully saturated rings. The van der Waals surface area contributed by atoms with Crippen LogP contribution in [0.4, 0.5) is 10.5 Å². The van der Waals surface area contributed by atoms with Gasteiger partial charge in [0.15, 0.2) is 0 Å². The number of carbonyl (C=O) groups is 1. The van der Waals surface area contributed by atoms with E-state index >= 15 is 0 Å². The summed E-state index contributed by atoms with van der Waals surface area (Å²) in [5.41, 5.74) is 2.71. The van der Waals surface area contributed by atoms with Gasteiger partial charge in [-0.2, -0.15) is 0 Å². The van der Waals surface area contributed by atoms with E-state index in [1.807, 2.05) is 0 Å². The van der Waals surface area contributed by atoms with Crippen molar-refractivity contribution in [3.8, 4) is 0 Å². The lowest BCUT2D eigenvalue weighted by atomic mass is 10.2. The lowest BCUT2D eigenvalue weighted by Gasteiger charge is -2.27. The summed E-state index contributed by atoms with van der Waals surface area (Å²) in [5.74, 6) is 0. The maximum Gasteiger partial charge on any atom is 0.314 e. The number of benzene rings is 1. The maximum atomic E-state index is 12.0. The van der Waals surface area contributed by atoms with Crippen molar-refractivity contribution < 1.29 is 9.53 Å². The molecule has 0 saturated carbocycles. The molecule has 1 atom stereocenters. The average Bonchev–Trinajstić information content (AvgIpc) is 2.89. The summed E-state index contributed by atoms with van der Waals surface area (Å²) in [7, 11) is 0. The Morgan fingerprint density at radius 3 is 3.00 bits per heavy atom. The summed E-state index contributed by atoms with van der Waals surface area (Å²) in [6.45, 7) is 9.04. The smallest absolute Gasteiger partial charge is 0.314 e. The highest BCUT2D eigenvalue weighted by molar-refractivity contribution is 5.74. The average molecular weight is 346 g/mol. The lowest BCUT2D eigenvalue weighted by Crippen LogP contribution is -2.46. The van der Waals surface area contributed by atoms with E-state index in [1.54, 1.807) is 0 Å². The number of fused-ring (bicyclic) bond motifs is 1. The van der Waals surface area contributed by atoms with Gasteiger partial charge >= 0.3 is 6.03 Å². The molecule has 2 heterocycles. The Balaban J connectivity index is 1.35. The number of ether oxygens (including phenoxy) is 1. The Labute approximate surface area is 150 Å². The highest BCUT2D eigenvalue weighted by Crippen LogP contribution is 2.28. The SMILES string of the molecule is CC(CNC(=O)NCCN1CCCOCC1)N1CCc2ccccc21. The van der Waals surface area contributed by atoms with Crippen LogP contribution in [0.2, 0.25) is 0 Å². The minimum absolute atomic E-state index is 0.0783. The van der Waals surface area contributed by atoms with Crippen LogP contribution in [-0.4, -0.2) is 69.5 Å². The molecule has 0 aromatic heterocycles. The second-order valence-corrected chi connectivity index (χ2v) is 6.87. The van der Waals surface area contributed by atoms with Gasteiger partial charge in [-0.05, 0) is 31.4 Å². The van der Waals surface area contributed by atoms with Crippen LogP contribution in [0.1, 0.15) is 18.9 Å². The second kappa shape index (κ2) is 9.06. The number of nitrogens with zero attached hydrogens (tertiary/aromatic N) is 2. The van der Waals surface area contributed by atoms with Gasteiger partial charge in [-0.3, -0.25) is 4.90 Å². The molecule has 2 N–H and O–H groups in total. The van der Waals surface area contributed by atoms with E-state index in [4.69, 9.17) is 4.74 Å². The van der Waals surface area contributed by atoms with E-state index in [0.717, 1.165) is 52.2 Å². The van der Waals surface area contributed by atoms with E-state index in [0.29, 0.717) is 13.1 Å². The first-order valence-electron chi connectivity index (χ1n) is 9.40. The number of amides is 2. The van der Waals surface area contributed by atoms with Crippen molar-refractivity contribution in [2.45, 2.75) is 25.8 Å². The van der Waals surface area contributed by atoms with Crippen LogP contribution < -0.4 is 15.5 Å². The number of para-hydroxylation sites is 1. The molecule has 1 aromatic rings. The summed E-state index contributed by atoms with van der Waals surface area (Å²) >= 11 is 0. The molecule has 6 heteroatoms. The molecule has 0 spiro atoms. The molecule has 1 aromatic carbocycles. The molecule has 2 amide bonds. The highest BCUT2D eigenvalue weighted by Gasteiger charge is 2.23. The fraction of sp³-hybridized carbons (Fsp3) is 0.632. The summed E-state index contributed by atoms with van der Waals surface area (Å²) < 4.78 is 5.44. The first-order chi connectivity index (χ1) is 12.2. The molecule has 3 rings (SSSR count). The predicted octanol–water partition coefficient (Wildman–Crippen LogP) is 1.46. The van der Waals surface area contributed by atoms with Crippen LogP contribution in [0.15, 0.2) is 24.3 Å². The van der Waals surface area contributed by atoms with Gasteiger partial charge < -0.3 is 20.3 Å². The Hall–Kier alpha value is -1.79. The van der Waals surface area contributed by atoms with E-state index in [2.05, 4.69) is 51.6 Å².